The summed E-state index contributed by atoms with van der Waals surface area (Å²) in [6.07, 6.45) is 1.43. The highest BCUT2D eigenvalue weighted by atomic mass is 16.5. The average Bonchev–Trinajstić information content (AvgIpc) is 2.84. The maximum absolute atomic E-state index is 13.4. The Labute approximate surface area is 201 Å². The first-order chi connectivity index (χ1) is 16.7. The predicted molar refractivity (Wildman–Crippen MR) is 124 cm³/mol. The summed E-state index contributed by atoms with van der Waals surface area (Å²) < 4.78 is 5.23. The van der Waals surface area contributed by atoms with Crippen molar-refractivity contribution in [2.45, 2.75) is 37.1 Å². The van der Waals surface area contributed by atoms with Gasteiger partial charge in [-0.3, -0.25) is 14.5 Å². The molecule has 5 rings (SSSR count). The summed E-state index contributed by atoms with van der Waals surface area (Å²) in [6, 6.07) is 4.48. The van der Waals surface area contributed by atoms with Crippen LogP contribution in [0.2, 0.25) is 0 Å². The second-order valence-corrected chi connectivity index (χ2v) is 9.42. The Balaban J connectivity index is 1.59. The number of aliphatic hydroxyl groups is 3. The first kappa shape index (κ1) is 23.5. The van der Waals surface area contributed by atoms with E-state index < -0.39 is 46.4 Å². The SMILES string of the molecule is COc1cccc2c1C(=O)c1c(O)c3c(c(O)c1C2=O)C[C@@](O)([C@@H](O)CN1CC=CCC1)C[C@@H]3O. The minimum atomic E-state index is -1.82. The van der Waals surface area contributed by atoms with E-state index in [2.05, 4.69) is 0 Å². The third-order valence-electron chi connectivity index (χ3n) is 7.32. The standard InChI is InChI=1S/C26H27NO8/c1-35-16-7-5-6-13-19(16)25(33)21-20(22(13)30)23(31)14-10-26(34,11-15(28)18(14)24(21)32)17(29)12-27-8-3-2-4-9-27/h2-3,5-7,15,17,28-29,31-32,34H,4,8-12H2,1H3/t15-,17-,26-/m0/s1. The van der Waals surface area contributed by atoms with Gasteiger partial charge in [0.25, 0.3) is 0 Å². The van der Waals surface area contributed by atoms with Gasteiger partial charge in [-0.05, 0) is 12.5 Å². The molecule has 1 aliphatic heterocycles. The second kappa shape index (κ2) is 8.46. The van der Waals surface area contributed by atoms with Crippen LogP contribution in [-0.2, 0) is 6.42 Å². The largest absolute Gasteiger partial charge is 0.507 e. The molecule has 2 aliphatic carbocycles. The summed E-state index contributed by atoms with van der Waals surface area (Å²) in [6.45, 7) is 1.47. The first-order valence-electron chi connectivity index (χ1n) is 11.5. The van der Waals surface area contributed by atoms with E-state index in [4.69, 9.17) is 4.74 Å². The van der Waals surface area contributed by atoms with E-state index in [1.807, 2.05) is 17.1 Å². The van der Waals surface area contributed by atoms with Crippen molar-refractivity contribution in [3.8, 4) is 17.2 Å². The molecule has 3 atom stereocenters. The van der Waals surface area contributed by atoms with E-state index in [0.717, 1.165) is 6.42 Å². The molecule has 2 aromatic carbocycles. The Bertz CT molecular complexity index is 1270. The number of methoxy groups -OCH3 is 1. The molecule has 0 bridgehead atoms. The fraction of sp³-hybridized carbons (Fsp3) is 0.385. The number of benzene rings is 2. The lowest BCUT2D eigenvalue weighted by atomic mass is 9.71. The Morgan fingerprint density at radius 3 is 2.54 bits per heavy atom. The Morgan fingerprint density at radius 2 is 1.86 bits per heavy atom. The van der Waals surface area contributed by atoms with Crippen LogP contribution >= 0.6 is 0 Å². The molecule has 9 heteroatoms. The number of ketones is 2. The number of fused-ring (bicyclic) bond motifs is 3. The molecule has 0 saturated heterocycles. The van der Waals surface area contributed by atoms with Crippen molar-refractivity contribution in [1.29, 1.82) is 0 Å². The van der Waals surface area contributed by atoms with Crippen LogP contribution in [-0.4, -0.2) is 80.4 Å². The smallest absolute Gasteiger partial charge is 0.202 e. The van der Waals surface area contributed by atoms with Crippen molar-refractivity contribution < 1.29 is 39.9 Å². The maximum atomic E-state index is 13.4. The number of hydrogen-bond donors (Lipinski definition) is 5. The van der Waals surface area contributed by atoms with Crippen molar-refractivity contribution in [1.82, 2.24) is 4.90 Å². The van der Waals surface area contributed by atoms with Crippen LogP contribution in [0.15, 0.2) is 30.4 Å². The first-order valence-corrected chi connectivity index (χ1v) is 11.5. The molecule has 35 heavy (non-hydrogen) atoms. The Morgan fingerprint density at radius 1 is 1.11 bits per heavy atom. The monoisotopic (exact) mass is 481 g/mol. The third-order valence-corrected chi connectivity index (χ3v) is 7.32. The van der Waals surface area contributed by atoms with Crippen molar-refractivity contribution in [3.63, 3.8) is 0 Å². The molecule has 1 heterocycles. The number of aliphatic hydroxyl groups excluding tert-OH is 2. The van der Waals surface area contributed by atoms with Gasteiger partial charge >= 0.3 is 0 Å². The van der Waals surface area contributed by atoms with Gasteiger partial charge in [0.1, 0.15) is 17.2 Å². The molecule has 0 spiro atoms. The highest BCUT2D eigenvalue weighted by Crippen LogP contribution is 2.51. The number of aromatic hydroxyl groups is 2. The van der Waals surface area contributed by atoms with Crippen LogP contribution in [0.5, 0.6) is 17.2 Å². The maximum Gasteiger partial charge on any atom is 0.202 e. The minimum absolute atomic E-state index is 0.0151. The molecule has 184 valence electrons. The molecule has 0 fully saturated rings. The summed E-state index contributed by atoms with van der Waals surface area (Å²) >= 11 is 0. The van der Waals surface area contributed by atoms with Crippen molar-refractivity contribution in [2.24, 2.45) is 0 Å². The third kappa shape index (κ3) is 3.54. The molecule has 9 nitrogen and oxygen atoms in total. The summed E-state index contributed by atoms with van der Waals surface area (Å²) in [7, 11) is 1.35. The quantitative estimate of drug-likeness (QED) is 0.274. The van der Waals surface area contributed by atoms with Crippen molar-refractivity contribution in [2.75, 3.05) is 26.7 Å². The van der Waals surface area contributed by atoms with Gasteiger partial charge in [-0.2, -0.15) is 0 Å². The van der Waals surface area contributed by atoms with Crippen molar-refractivity contribution >= 4 is 11.6 Å². The topological polar surface area (TPSA) is 148 Å². The zero-order valence-electron chi connectivity index (χ0n) is 19.2. The number of phenolic OH excluding ortho intramolecular Hbond substituents is 2. The van der Waals surface area contributed by atoms with Gasteiger partial charge in [-0.1, -0.05) is 24.3 Å². The molecule has 5 N–H and O–H groups in total. The number of carbonyl (C=O) groups is 2. The molecule has 0 amide bonds. The second-order valence-electron chi connectivity index (χ2n) is 9.42. The van der Waals surface area contributed by atoms with E-state index in [9.17, 15) is 35.1 Å². The number of rotatable bonds is 4. The number of hydrogen-bond acceptors (Lipinski definition) is 9. The van der Waals surface area contributed by atoms with Crippen LogP contribution < -0.4 is 4.74 Å². The molecule has 0 unspecified atom stereocenters. The van der Waals surface area contributed by atoms with Gasteiger partial charge in [-0.25, -0.2) is 0 Å². The van der Waals surface area contributed by atoms with Gasteiger partial charge in [0.05, 0.1) is 41.6 Å². The summed E-state index contributed by atoms with van der Waals surface area (Å²) in [5.74, 6) is -2.46. The van der Waals surface area contributed by atoms with E-state index in [1.54, 1.807) is 0 Å². The lowest BCUT2D eigenvalue weighted by Gasteiger charge is -2.42. The van der Waals surface area contributed by atoms with Crippen LogP contribution in [0, 0.1) is 0 Å². The zero-order chi connectivity index (χ0) is 25.1. The molecule has 0 saturated carbocycles. The van der Waals surface area contributed by atoms with E-state index >= 15 is 0 Å². The number of ether oxygens (including phenoxy) is 1. The van der Waals surface area contributed by atoms with Gasteiger partial charge in [0, 0.05) is 49.2 Å². The molecular formula is C26H27NO8. The van der Waals surface area contributed by atoms with E-state index in [-0.39, 0.29) is 53.0 Å². The number of nitrogens with zero attached hydrogens (tertiary/aromatic N) is 1. The fourth-order valence-electron chi connectivity index (χ4n) is 5.50. The zero-order valence-corrected chi connectivity index (χ0v) is 19.2. The van der Waals surface area contributed by atoms with Gasteiger partial charge in [0.15, 0.2) is 5.78 Å². The number of β-amino-alcohol motifs (C(OH)–C–C–N with tert-alkyl or cyclic N) is 1. The van der Waals surface area contributed by atoms with Crippen LogP contribution in [0.1, 0.15) is 61.9 Å². The average molecular weight is 482 g/mol. The van der Waals surface area contributed by atoms with Gasteiger partial charge in [0.2, 0.25) is 5.78 Å². The van der Waals surface area contributed by atoms with E-state index in [0.29, 0.717) is 13.1 Å². The summed E-state index contributed by atoms with van der Waals surface area (Å²) in [5, 5.41) is 55.4. The fourth-order valence-corrected chi connectivity index (χ4v) is 5.50. The lowest BCUT2D eigenvalue weighted by Crippen LogP contribution is -2.53. The normalized spacial score (nSPS) is 24.5. The van der Waals surface area contributed by atoms with E-state index in [1.165, 1.54) is 25.3 Å². The Hall–Kier alpha value is -3.24. The van der Waals surface area contributed by atoms with Crippen LogP contribution in [0.4, 0.5) is 0 Å². The summed E-state index contributed by atoms with van der Waals surface area (Å²) in [5.41, 5.74) is -2.83. The van der Waals surface area contributed by atoms with Gasteiger partial charge < -0.3 is 30.3 Å². The molecular weight excluding hydrogens is 454 g/mol. The summed E-state index contributed by atoms with van der Waals surface area (Å²) in [4.78, 5) is 28.7. The van der Waals surface area contributed by atoms with Crippen LogP contribution in [0.25, 0.3) is 0 Å². The van der Waals surface area contributed by atoms with Gasteiger partial charge in [-0.15, -0.1) is 0 Å². The highest BCUT2D eigenvalue weighted by molar-refractivity contribution is 6.31. The highest BCUT2D eigenvalue weighted by Gasteiger charge is 2.48. The van der Waals surface area contributed by atoms with Crippen molar-refractivity contribution in [3.05, 3.63) is 63.7 Å². The number of carbonyl (C=O) groups excluding carboxylic acids is 2. The molecule has 2 aromatic rings. The molecule has 3 aliphatic rings. The minimum Gasteiger partial charge on any atom is -0.507 e. The number of phenols is 2. The molecule has 0 aromatic heterocycles. The molecule has 0 radical (unpaired) electrons. The van der Waals surface area contributed by atoms with Crippen LogP contribution in [0.3, 0.4) is 0 Å². The Kier molecular flexibility index (Phi) is 5.68. The lowest BCUT2D eigenvalue weighted by molar-refractivity contribution is -0.115. The predicted octanol–water partition coefficient (Wildman–Crippen LogP) is 1.22.